The number of thioether (sulfide) groups is 1. The molecule has 2 aromatic rings. The minimum absolute atomic E-state index is 0.0979. The van der Waals surface area contributed by atoms with Gasteiger partial charge >= 0.3 is 0 Å². The fourth-order valence-corrected chi connectivity index (χ4v) is 7.73. The highest BCUT2D eigenvalue weighted by Gasteiger charge is 2.54. The van der Waals surface area contributed by atoms with Crippen LogP contribution in [0.15, 0.2) is 28.6 Å². The maximum Gasteiger partial charge on any atom is 0.232 e. The van der Waals surface area contributed by atoms with Crippen molar-refractivity contribution in [2.75, 3.05) is 11.1 Å². The van der Waals surface area contributed by atoms with Crippen LogP contribution in [-0.4, -0.2) is 27.8 Å². The van der Waals surface area contributed by atoms with Gasteiger partial charge in [-0.15, -0.1) is 10.2 Å². The zero-order chi connectivity index (χ0) is 21.4. The smallest absolute Gasteiger partial charge is 0.232 e. The fraction of sp³-hybridized carbons (Fsp3) is 0.545. The molecule has 4 aliphatic carbocycles. The van der Waals surface area contributed by atoms with E-state index in [1.807, 2.05) is 18.2 Å². The van der Waals surface area contributed by atoms with E-state index in [2.05, 4.69) is 20.8 Å². The summed E-state index contributed by atoms with van der Waals surface area (Å²) in [4.78, 5) is 25.3. The Balaban J connectivity index is 1.12. The molecule has 1 heterocycles. The van der Waals surface area contributed by atoms with Gasteiger partial charge in [-0.2, -0.15) is 0 Å². The first kappa shape index (κ1) is 21.2. The Morgan fingerprint density at radius 1 is 1.10 bits per heavy atom. The van der Waals surface area contributed by atoms with Crippen LogP contribution in [0.25, 0.3) is 0 Å². The molecule has 4 saturated carbocycles. The van der Waals surface area contributed by atoms with Gasteiger partial charge in [0.15, 0.2) is 4.34 Å². The third kappa shape index (κ3) is 4.61. The largest absolute Gasteiger partial charge is 0.351 e. The van der Waals surface area contributed by atoms with E-state index in [0.29, 0.717) is 21.0 Å². The number of aromatic nitrogens is 2. The van der Waals surface area contributed by atoms with Crippen molar-refractivity contribution in [3.05, 3.63) is 34.9 Å². The molecular weight excluding hydrogens is 452 g/mol. The second-order valence-corrected chi connectivity index (χ2v) is 11.8. The van der Waals surface area contributed by atoms with Crippen molar-refractivity contribution in [3.63, 3.8) is 0 Å². The van der Waals surface area contributed by atoms with E-state index in [0.717, 1.165) is 42.6 Å². The van der Waals surface area contributed by atoms with Crippen molar-refractivity contribution >= 4 is 51.6 Å². The van der Waals surface area contributed by atoms with Crippen molar-refractivity contribution in [1.29, 1.82) is 0 Å². The van der Waals surface area contributed by atoms with E-state index < -0.39 is 0 Å². The molecule has 4 fully saturated rings. The van der Waals surface area contributed by atoms with Crippen LogP contribution in [0, 0.1) is 23.2 Å². The summed E-state index contributed by atoms with van der Waals surface area (Å²) in [5, 5.41) is 15.3. The van der Waals surface area contributed by atoms with Crippen LogP contribution in [0.2, 0.25) is 5.02 Å². The predicted octanol–water partition coefficient (Wildman–Crippen LogP) is 4.75. The summed E-state index contributed by atoms with van der Waals surface area (Å²) in [5.74, 6) is 2.43. The normalized spacial score (nSPS) is 28.5. The van der Waals surface area contributed by atoms with E-state index in [4.69, 9.17) is 11.6 Å². The van der Waals surface area contributed by atoms with Gasteiger partial charge in [0, 0.05) is 11.6 Å². The fourth-order valence-electron chi connectivity index (χ4n) is 5.95. The summed E-state index contributed by atoms with van der Waals surface area (Å²) in [6, 6.07) is 7.44. The molecule has 1 aromatic carbocycles. The molecule has 0 saturated heterocycles. The van der Waals surface area contributed by atoms with Crippen molar-refractivity contribution in [2.24, 2.45) is 23.2 Å². The summed E-state index contributed by atoms with van der Waals surface area (Å²) in [6.07, 6.45) is 7.00. The average Bonchev–Trinajstić information content (AvgIpc) is 3.18. The van der Waals surface area contributed by atoms with Gasteiger partial charge in [-0.1, -0.05) is 52.9 Å². The number of benzene rings is 1. The minimum atomic E-state index is -0.202. The lowest BCUT2D eigenvalue weighted by molar-refractivity contribution is -0.140. The number of hydrogen-bond donors (Lipinski definition) is 2. The highest BCUT2D eigenvalue weighted by Crippen LogP contribution is 2.60. The SMILES string of the molecule is O=C(CSc1nnc(NC(=O)C23CC4CC(CC(C4)C2)C3)s1)NCc1ccccc1Cl. The van der Waals surface area contributed by atoms with E-state index >= 15 is 0 Å². The number of carbonyl (C=O) groups is 2. The Bertz CT molecular complexity index is 960. The Kier molecular flexibility index (Phi) is 5.96. The van der Waals surface area contributed by atoms with E-state index in [1.54, 1.807) is 6.07 Å². The van der Waals surface area contributed by atoms with Crippen LogP contribution in [0.1, 0.15) is 44.1 Å². The number of carbonyl (C=O) groups excluding carboxylic acids is 2. The second-order valence-electron chi connectivity index (χ2n) is 9.18. The number of amides is 2. The standard InChI is InChI=1S/C22H25ClN4O2S2/c23-17-4-2-1-3-16(17)11-24-18(28)12-30-21-27-26-20(31-21)25-19(29)22-8-13-5-14(9-22)7-15(6-13)10-22/h1-4,13-15H,5-12H2,(H,24,28)(H,25,26,29). The van der Waals surface area contributed by atoms with Crippen LogP contribution in [0.4, 0.5) is 5.13 Å². The number of anilines is 1. The Hall–Kier alpha value is -1.64. The van der Waals surface area contributed by atoms with Gasteiger partial charge in [-0.25, -0.2) is 0 Å². The van der Waals surface area contributed by atoms with Crippen LogP contribution >= 0.6 is 34.7 Å². The average molecular weight is 477 g/mol. The van der Waals surface area contributed by atoms with Crippen LogP contribution in [0.5, 0.6) is 0 Å². The summed E-state index contributed by atoms with van der Waals surface area (Å²) in [7, 11) is 0. The third-order valence-electron chi connectivity index (χ3n) is 6.91. The molecule has 9 heteroatoms. The van der Waals surface area contributed by atoms with Crippen molar-refractivity contribution in [3.8, 4) is 0 Å². The van der Waals surface area contributed by atoms with E-state index in [-0.39, 0.29) is 23.0 Å². The van der Waals surface area contributed by atoms with Crippen LogP contribution in [0.3, 0.4) is 0 Å². The van der Waals surface area contributed by atoms with Gasteiger partial charge in [0.25, 0.3) is 0 Å². The van der Waals surface area contributed by atoms with Gasteiger partial charge in [-0.05, 0) is 67.9 Å². The molecular formula is C22H25ClN4O2S2. The van der Waals surface area contributed by atoms with Gasteiger partial charge in [0.05, 0.1) is 11.2 Å². The van der Waals surface area contributed by atoms with Gasteiger partial charge in [0.1, 0.15) is 0 Å². The molecule has 4 bridgehead atoms. The van der Waals surface area contributed by atoms with Crippen molar-refractivity contribution in [1.82, 2.24) is 15.5 Å². The molecule has 6 nitrogen and oxygen atoms in total. The maximum absolute atomic E-state index is 13.1. The zero-order valence-electron chi connectivity index (χ0n) is 17.1. The number of hydrogen-bond acceptors (Lipinski definition) is 6. The number of nitrogens with one attached hydrogen (secondary N) is 2. The lowest BCUT2D eigenvalue weighted by Crippen LogP contribution is -2.51. The quantitative estimate of drug-likeness (QED) is 0.444. The highest BCUT2D eigenvalue weighted by atomic mass is 35.5. The number of halogens is 1. The zero-order valence-corrected chi connectivity index (χ0v) is 19.5. The highest BCUT2D eigenvalue weighted by molar-refractivity contribution is 8.01. The van der Waals surface area contributed by atoms with E-state index in [9.17, 15) is 9.59 Å². The number of nitrogens with zero attached hydrogens (tertiary/aromatic N) is 2. The molecule has 164 valence electrons. The molecule has 2 N–H and O–H groups in total. The van der Waals surface area contributed by atoms with Crippen molar-refractivity contribution < 1.29 is 9.59 Å². The summed E-state index contributed by atoms with van der Waals surface area (Å²) in [5.41, 5.74) is 0.680. The van der Waals surface area contributed by atoms with E-state index in [1.165, 1.54) is 42.4 Å². The predicted molar refractivity (Wildman–Crippen MR) is 123 cm³/mol. The summed E-state index contributed by atoms with van der Waals surface area (Å²) in [6.45, 7) is 0.390. The lowest BCUT2D eigenvalue weighted by Gasteiger charge is -2.55. The Morgan fingerprint density at radius 3 is 2.45 bits per heavy atom. The van der Waals surface area contributed by atoms with Gasteiger partial charge < -0.3 is 10.6 Å². The third-order valence-corrected chi connectivity index (χ3v) is 9.25. The molecule has 31 heavy (non-hydrogen) atoms. The molecule has 0 unspecified atom stereocenters. The monoisotopic (exact) mass is 476 g/mol. The molecule has 4 aliphatic rings. The second kappa shape index (κ2) is 8.71. The van der Waals surface area contributed by atoms with Crippen LogP contribution < -0.4 is 10.6 Å². The first-order valence-corrected chi connectivity index (χ1v) is 12.9. The summed E-state index contributed by atoms with van der Waals surface area (Å²) < 4.78 is 0.675. The topological polar surface area (TPSA) is 84.0 Å². The molecule has 2 amide bonds. The van der Waals surface area contributed by atoms with Crippen molar-refractivity contribution in [2.45, 2.75) is 49.4 Å². The first-order chi connectivity index (χ1) is 15.0. The first-order valence-electron chi connectivity index (χ1n) is 10.8. The maximum atomic E-state index is 13.1. The van der Waals surface area contributed by atoms with Gasteiger partial charge in [-0.3, -0.25) is 9.59 Å². The van der Waals surface area contributed by atoms with Gasteiger partial charge in [0.2, 0.25) is 16.9 Å². The molecule has 0 spiro atoms. The molecule has 0 aliphatic heterocycles. The summed E-state index contributed by atoms with van der Waals surface area (Å²) >= 11 is 8.77. The Labute approximate surface area is 194 Å². The molecule has 0 atom stereocenters. The molecule has 0 radical (unpaired) electrons. The minimum Gasteiger partial charge on any atom is -0.351 e. The lowest BCUT2D eigenvalue weighted by atomic mass is 9.49. The Morgan fingerprint density at radius 2 is 1.77 bits per heavy atom. The molecule has 1 aromatic heterocycles. The number of rotatable bonds is 7. The molecule has 6 rings (SSSR count). The van der Waals surface area contributed by atoms with Crippen LogP contribution in [-0.2, 0) is 16.1 Å².